The largest absolute Gasteiger partial charge is 0.496 e. The topological polar surface area (TPSA) is 35.5 Å². The van der Waals surface area contributed by atoms with Gasteiger partial charge in [-0.25, -0.2) is 0 Å². The molecule has 1 aliphatic heterocycles. The quantitative estimate of drug-likeness (QED) is 0.788. The van der Waals surface area contributed by atoms with Crippen LogP contribution < -0.4 is 4.74 Å². The lowest BCUT2D eigenvalue weighted by atomic mass is 9.79. The molecule has 23 heavy (non-hydrogen) atoms. The van der Waals surface area contributed by atoms with Gasteiger partial charge in [0.15, 0.2) is 0 Å². The van der Waals surface area contributed by atoms with E-state index in [0.717, 1.165) is 0 Å². The zero-order chi connectivity index (χ0) is 16.8. The van der Waals surface area contributed by atoms with Crippen LogP contribution in [-0.4, -0.2) is 24.9 Å². The highest BCUT2D eigenvalue weighted by Gasteiger charge is 2.70. The second-order valence-electron chi connectivity index (χ2n) is 6.04. The van der Waals surface area contributed by atoms with Gasteiger partial charge in [0.2, 0.25) is 5.60 Å². The number of allylic oxidation sites excluding steroid dienone is 1. The number of hydrogen-bond donors (Lipinski definition) is 0. The molecule has 1 aromatic carbocycles. The highest BCUT2D eigenvalue weighted by molar-refractivity contribution is 5.77. The Labute approximate surface area is 132 Å². The number of benzene rings is 1. The minimum Gasteiger partial charge on any atom is -0.496 e. The molecule has 1 aromatic rings. The first kappa shape index (κ1) is 15.9. The second kappa shape index (κ2) is 5.28. The highest BCUT2D eigenvalue weighted by Crippen LogP contribution is 2.59. The summed E-state index contributed by atoms with van der Waals surface area (Å²) in [6, 6.07) is 7.08. The smallest absolute Gasteiger partial charge is 0.428 e. The number of fused-ring (bicyclic) bond motifs is 1. The number of carbonyl (C=O) groups is 1. The SMILES string of the molecule is C=C(c1ccccc1OC)[C@H]1CC[C@@]2(C(F)(F)F)OC(=O)C[C@H]12. The summed E-state index contributed by atoms with van der Waals surface area (Å²) in [4.78, 5) is 11.6. The van der Waals surface area contributed by atoms with Crippen LogP contribution in [0.4, 0.5) is 13.2 Å². The van der Waals surface area contributed by atoms with Gasteiger partial charge in [0.25, 0.3) is 0 Å². The predicted molar refractivity (Wildman–Crippen MR) is 77.7 cm³/mol. The first-order chi connectivity index (χ1) is 10.8. The van der Waals surface area contributed by atoms with Gasteiger partial charge in [-0.3, -0.25) is 4.79 Å². The van der Waals surface area contributed by atoms with Crippen molar-refractivity contribution in [1.29, 1.82) is 0 Å². The van der Waals surface area contributed by atoms with Gasteiger partial charge < -0.3 is 9.47 Å². The van der Waals surface area contributed by atoms with Crippen molar-refractivity contribution in [3.63, 3.8) is 0 Å². The van der Waals surface area contributed by atoms with E-state index in [0.29, 0.717) is 16.9 Å². The van der Waals surface area contributed by atoms with Crippen LogP contribution in [0, 0.1) is 11.8 Å². The molecule has 1 heterocycles. The molecule has 0 radical (unpaired) electrons. The van der Waals surface area contributed by atoms with Crippen molar-refractivity contribution in [1.82, 2.24) is 0 Å². The number of alkyl halides is 3. The monoisotopic (exact) mass is 326 g/mol. The standard InChI is InChI=1S/C17H17F3O3/c1-10(12-5-3-4-6-14(12)22-2)11-7-8-16(17(18,19)20)13(11)9-15(21)23-16/h3-6,11,13H,1,7-9H2,2H3/t11-,13-,16-/m1/s1. The number of hydrogen-bond acceptors (Lipinski definition) is 3. The molecule has 3 rings (SSSR count). The molecule has 2 fully saturated rings. The lowest BCUT2D eigenvalue weighted by Crippen LogP contribution is -2.47. The fourth-order valence-electron chi connectivity index (χ4n) is 3.88. The van der Waals surface area contributed by atoms with Gasteiger partial charge in [-0.05, 0) is 30.4 Å². The first-order valence-electron chi connectivity index (χ1n) is 7.41. The Kier molecular flexibility index (Phi) is 3.65. The molecule has 0 amide bonds. The molecule has 0 spiro atoms. The van der Waals surface area contributed by atoms with Gasteiger partial charge in [0.1, 0.15) is 5.75 Å². The maximum absolute atomic E-state index is 13.5. The van der Waals surface area contributed by atoms with E-state index in [2.05, 4.69) is 6.58 Å². The molecular weight excluding hydrogens is 309 g/mol. The summed E-state index contributed by atoms with van der Waals surface area (Å²) >= 11 is 0. The Morgan fingerprint density at radius 2 is 2.09 bits per heavy atom. The number of methoxy groups -OCH3 is 1. The van der Waals surface area contributed by atoms with Crippen LogP contribution in [0.1, 0.15) is 24.8 Å². The summed E-state index contributed by atoms with van der Waals surface area (Å²) in [5.41, 5.74) is -1.12. The van der Waals surface area contributed by atoms with Gasteiger partial charge in [0, 0.05) is 11.5 Å². The highest BCUT2D eigenvalue weighted by atomic mass is 19.4. The Balaban J connectivity index is 1.96. The maximum Gasteiger partial charge on any atom is 0.428 e. The average Bonchev–Trinajstić information content (AvgIpc) is 3.01. The van der Waals surface area contributed by atoms with E-state index in [1.807, 2.05) is 0 Å². The van der Waals surface area contributed by atoms with Crippen molar-refractivity contribution >= 4 is 11.5 Å². The van der Waals surface area contributed by atoms with Crippen LogP contribution >= 0.6 is 0 Å². The van der Waals surface area contributed by atoms with Crippen molar-refractivity contribution in [3.8, 4) is 5.75 Å². The van der Waals surface area contributed by atoms with E-state index in [9.17, 15) is 18.0 Å². The zero-order valence-electron chi connectivity index (χ0n) is 12.7. The number of esters is 1. The molecule has 3 nitrogen and oxygen atoms in total. The van der Waals surface area contributed by atoms with Gasteiger partial charge in [-0.1, -0.05) is 24.8 Å². The number of halogens is 3. The third-order valence-corrected chi connectivity index (χ3v) is 4.97. The Morgan fingerprint density at radius 1 is 1.39 bits per heavy atom. The van der Waals surface area contributed by atoms with E-state index < -0.39 is 29.6 Å². The molecule has 0 N–H and O–H groups in total. The van der Waals surface area contributed by atoms with Crippen LogP contribution in [0.15, 0.2) is 30.8 Å². The third kappa shape index (κ3) is 2.31. The third-order valence-electron chi connectivity index (χ3n) is 4.97. The fourth-order valence-corrected chi connectivity index (χ4v) is 3.88. The molecule has 1 saturated carbocycles. The summed E-state index contributed by atoms with van der Waals surface area (Å²) in [6.45, 7) is 4.00. The van der Waals surface area contributed by atoms with Gasteiger partial charge in [-0.15, -0.1) is 0 Å². The van der Waals surface area contributed by atoms with E-state index in [1.165, 1.54) is 7.11 Å². The number of para-hydroxylation sites is 1. The summed E-state index contributed by atoms with van der Waals surface area (Å²) in [5, 5.41) is 0. The van der Waals surface area contributed by atoms with E-state index in [4.69, 9.17) is 9.47 Å². The molecule has 1 saturated heterocycles. The first-order valence-corrected chi connectivity index (χ1v) is 7.41. The summed E-state index contributed by atoms with van der Waals surface area (Å²) in [6.07, 6.45) is -4.72. The molecule has 6 heteroatoms. The Bertz CT molecular complexity index is 653. The Hall–Kier alpha value is -1.98. The van der Waals surface area contributed by atoms with E-state index in [-0.39, 0.29) is 19.3 Å². The van der Waals surface area contributed by atoms with Crippen molar-refractivity contribution in [3.05, 3.63) is 36.4 Å². The normalized spacial score (nSPS) is 30.0. The van der Waals surface area contributed by atoms with Crippen molar-refractivity contribution < 1.29 is 27.4 Å². The number of ether oxygens (including phenoxy) is 2. The lowest BCUT2D eigenvalue weighted by Gasteiger charge is -2.31. The molecule has 124 valence electrons. The van der Waals surface area contributed by atoms with Gasteiger partial charge >= 0.3 is 12.1 Å². The molecular formula is C17H17F3O3. The van der Waals surface area contributed by atoms with Crippen molar-refractivity contribution in [2.45, 2.75) is 31.0 Å². The van der Waals surface area contributed by atoms with Crippen LogP contribution in [0.2, 0.25) is 0 Å². The van der Waals surface area contributed by atoms with Crippen LogP contribution in [0.5, 0.6) is 5.75 Å². The van der Waals surface area contributed by atoms with E-state index >= 15 is 0 Å². The average molecular weight is 326 g/mol. The molecule has 2 aliphatic rings. The number of carbonyl (C=O) groups excluding carboxylic acids is 1. The van der Waals surface area contributed by atoms with Gasteiger partial charge in [0.05, 0.1) is 13.5 Å². The summed E-state index contributed by atoms with van der Waals surface area (Å²) < 4.78 is 50.6. The van der Waals surface area contributed by atoms with Crippen LogP contribution in [0.3, 0.4) is 0 Å². The van der Waals surface area contributed by atoms with Crippen molar-refractivity contribution in [2.75, 3.05) is 7.11 Å². The van der Waals surface area contributed by atoms with E-state index in [1.54, 1.807) is 24.3 Å². The van der Waals surface area contributed by atoms with Crippen LogP contribution in [-0.2, 0) is 9.53 Å². The van der Waals surface area contributed by atoms with Crippen molar-refractivity contribution in [2.24, 2.45) is 11.8 Å². The molecule has 3 atom stereocenters. The Morgan fingerprint density at radius 3 is 2.74 bits per heavy atom. The lowest BCUT2D eigenvalue weighted by molar-refractivity contribution is -0.265. The van der Waals surface area contributed by atoms with Gasteiger partial charge in [-0.2, -0.15) is 13.2 Å². The summed E-state index contributed by atoms with van der Waals surface area (Å²) in [5.74, 6) is -1.61. The minimum absolute atomic E-state index is 0.217. The number of rotatable bonds is 3. The summed E-state index contributed by atoms with van der Waals surface area (Å²) in [7, 11) is 1.50. The maximum atomic E-state index is 13.5. The second-order valence-corrected chi connectivity index (χ2v) is 6.04. The predicted octanol–water partition coefficient (Wildman–Crippen LogP) is 3.98. The molecule has 0 aromatic heterocycles. The fraction of sp³-hybridized carbons (Fsp3) is 0.471. The zero-order valence-corrected chi connectivity index (χ0v) is 12.7. The molecule has 0 bridgehead atoms. The van der Waals surface area contributed by atoms with Crippen LogP contribution in [0.25, 0.3) is 5.57 Å². The molecule has 1 aliphatic carbocycles. The minimum atomic E-state index is -4.57. The molecule has 0 unspecified atom stereocenters.